The topological polar surface area (TPSA) is 76.5 Å². The molecule has 1 aromatic carbocycles. The highest BCUT2D eigenvalue weighted by molar-refractivity contribution is 8.00. The number of tetrazole rings is 1. The average molecular weight is 287 g/mol. The molecule has 3 rings (SSSR count). The van der Waals surface area contributed by atoms with Crippen LogP contribution in [0.1, 0.15) is 17.3 Å². The number of nitrogens with one attached hydrogen (secondary N) is 1. The lowest BCUT2D eigenvalue weighted by atomic mass is 10.1. The van der Waals surface area contributed by atoms with E-state index in [0.717, 1.165) is 10.9 Å². The molecule has 0 saturated heterocycles. The van der Waals surface area contributed by atoms with E-state index in [2.05, 4.69) is 20.5 Å². The molecule has 0 radical (unpaired) electrons. The number of ketones is 1. The Balaban J connectivity index is 1.87. The molecule has 20 heavy (non-hydrogen) atoms. The third kappa shape index (κ3) is 2.20. The number of para-hydroxylation sites is 1. The van der Waals surface area contributed by atoms with Gasteiger partial charge in [0.05, 0.1) is 5.25 Å². The van der Waals surface area contributed by atoms with E-state index in [1.807, 2.05) is 31.2 Å². The van der Waals surface area contributed by atoms with Gasteiger partial charge in [0.1, 0.15) is 0 Å². The Morgan fingerprint density at radius 1 is 1.40 bits per heavy atom. The molecule has 0 spiro atoms. The van der Waals surface area contributed by atoms with Crippen molar-refractivity contribution < 1.29 is 4.79 Å². The molecule has 3 aromatic rings. The third-order valence-corrected chi connectivity index (χ3v) is 4.21. The van der Waals surface area contributed by atoms with Crippen LogP contribution in [-0.2, 0) is 7.05 Å². The molecule has 2 aromatic heterocycles. The maximum atomic E-state index is 12.5. The van der Waals surface area contributed by atoms with E-state index in [-0.39, 0.29) is 11.0 Å². The minimum atomic E-state index is -0.251. The molecule has 2 heterocycles. The molecule has 6 nitrogen and oxygen atoms in total. The van der Waals surface area contributed by atoms with Gasteiger partial charge in [-0.25, -0.2) is 4.68 Å². The van der Waals surface area contributed by atoms with Crippen LogP contribution in [0.5, 0.6) is 0 Å². The maximum Gasteiger partial charge on any atom is 0.209 e. The summed E-state index contributed by atoms with van der Waals surface area (Å²) in [4.78, 5) is 15.7. The molecule has 0 bridgehead atoms. The molecule has 0 saturated carbocycles. The number of fused-ring (bicyclic) bond motifs is 1. The summed E-state index contributed by atoms with van der Waals surface area (Å²) in [7, 11) is 1.76. The van der Waals surface area contributed by atoms with Crippen molar-refractivity contribution in [2.45, 2.75) is 17.3 Å². The van der Waals surface area contributed by atoms with E-state index in [9.17, 15) is 4.79 Å². The maximum absolute atomic E-state index is 12.5. The Morgan fingerprint density at radius 2 is 2.20 bits per heavy atom. The average Bonchev–Trinajstić information content (AvgIpc) is 3.05. The fraction of sp³-hybridized carbons (Fsp3) is 0.231. The van der Waals surface area contributed by atoms with Gasteiger partial charge in [0, 0.05) is 29.7 Å². The molecule has 0 aliphatic carbocycles. The number of aryl methyl sites for hydroxylation is 1. The number of carbonyl (C=O) groups excluding carboxylic acids is 1. The predicted molar refractivity (Wildman–Crippen MR) is 76.7 cm³/mol. The van der Waals surface area contributed by atoms with E-state index >= 15 is 0 Å². The Hall–Kier alpha value is -2.15. The van der Waals surface area contributed by atoms with Gasteiger partial charge in [-0.05, 0) is 23.4 Å². The number of carbonyl (C=O) groups is 1. The van der Waals surface area contributed by atoms with Crippen molar-refractivity contribution in [3.05, 3.63) is 36.0 Å². The van der Waals surface area contributed by atoms with Crippen LogP contribution in [0.3, 0.4) is 0 Å². The molecule has 0 aliphatic heterocycles. The first-order chi connectivity index (χ1) is 9.66. The number of benzene rings is 1. The Kier molecular flexibility index (Phi) is 3.27. The third-order valence-electron chi connectivity index (χ3n) is 3.09. The van der Waals surface area contributed by atoms with Crippen LogP contribution >= 0.6 is 11.8 Å². The summed E-state index contributed by atoms with van der Waals surface area (Å²) in [6.45, 7) is 1.86. The van der Waals surface area contributed by atoms with Crippen LogP contribution in [0.15, 0.2) is 35.6 Å². The normalized spacial score (nSPS) is 12.7. The molecule has 1 N–H and O–H groups in total. The van der Waals surface area contributed by atoms with E-state index in [4.69, 9.17) is 0 Å². The van der Waals surface area contributed by atoms with Crippen molar-refractivity contribution in [3.63, 3.8) is 0 Å². The van der Waals surface area contributed by atoms with Crippen LogP contribution in [0, 0.1) is 0 Å². The summed E-state index contributed by atoms with van der Waals surface area (Å²) >= 11 is 1.36. The Labute approximate surface area is 119 Å². The fourth-order valence-corrected chi connectivity index (χ4v) is 2.85. The molecule has 0 aliphatic rings. The van der Waals surface area contributed by atoms with Crippen LogP contribution < -0.4 is 0 Å². The molecular weight excluding hydrogens is 274 g/mol. The highest BCUT2D eigenvalue weighted by Crippen LogP contribution is 2.26. The van der Waals surface area contributed by atoms with E-state index in [1.54, 1.807) is 17.9 Å². The molecule has 0 unspecified atom stereocenters. The van der Waals surface area contributed by atoms with Crippen molar-refractivity contribution in [1.82, 2.24) is 25.2 Å². The van der Waals surface area contributed by atoms with Crippen LogP contribution in [0.25, 0.3) is 10.9 Å². The zero-order chi connectivity index (χ0) is 14.1. The molecule has 7 heteroatoms. The van der Waals surface area contributed by atoms with E-state index in [0.29, 0.717) is 10.7 Å². The lowest BCUT2D eigenvalue weighted by Crippen LogP contribution is -2.14. The lowest BCUT2D eigenvalue weighted by molar-refractivity contribution is 0.0995. The number of thioether (sulfide) groups is 1. The van der Waals surface area contributed by atoms with Gasteiger partial charge in [-0.15, -0.1) is 5.10 Å². The van der Waals surface area contributed by atoms with Crippen molar-refractivity contribution in [1.29, 1.82) is 0 Å². The largest absolute Gasteiger partial charge is 0.360 e. The van der Waals surface area contributed by atoms with E-state index < -0.39 is 0 Å². The second-order valence-electron chi connectivity index (χ2n) is 4.46. The van der Waals surface area contributed by atoms with Crippen molar-refractivity contribution >= 4 is 28.4 Å². The first-order valence-corrected chi connectivity index (χ1v) is 7.04. The monoisotopic (exact) mass is 287 g/mol. The number of nitrogens with zero attached hydrogens (tertiary/aromatic N) is 4. The molecule has 1 atom stereocenters. The molecule has 102 valence electrons. The Bertz CT molecular complexity index is 763. The van der Waals surface area contributed by atoms with Gasteiger partial charge in [0.2, 0.25) is 5.16 Å². The summed E-state index contributed by atoms with van der Waals surface area (Å²) in [5.41, 5.74) is 1.67. The van der Waals surface area contributed by atoms with Gasteiger partial charge >= 0.3 is 0 Å². The van der Waals surface area contributed by atoms with Crippen molar-refractivity contribution in [2.24, 2.45) is 7.05 Å². The summed E-state index contributed by atoms with van der Waals surface area (Å²) in [6, 6.07) is 7.77. The van der Waals surface area contributed by atoms with Gasteiger partial charge in [-0.1, -0.05) is 30.0 Å². The zero-order valence-electron chi connectivity index (χ0n) is 11.1. The van der Waals surface area contributed by atoms with Gasteiger partial charge in [-0.2, -0.15) is 0 Å². The number of hydrogen-bond donors (Lipinski definition) is 1. The summed E-state index contributed by atoms with van der Waals surface area (Å²) in [6.07, 6.45) is 1.76. The number of H-pyrrole nitrogens is 1. The summed E-state index contributed by atoms with van der Waals surface area (Å²) in [5, 5.41) is 12.5. The number of Topliss-reactive ketones (excluding diaryl/α,β-unsaturated/α-hetero) is 1. The SMILES string of the molecule is C[C@@H](Sc1nnnn1C)C(=O)c1c[nH]c2ccccc12. The van der Waals surface area contributed by atoms with Crippen LogP contribution in [0.2, 0.25) is 0 Å². The first kappa shape index (κ1) is 12.9. The van der Waals surface area contributed by atoms with E-state index in [1.165, 1.54) is 11.8 Å². The van der Waals surface area contributed by atoms with Gasteiger partial charge < -0.3 is 4.98 Å². The Morgan fingerprint density at radius 3 is 2.95 bits per heavy atom. The van der Waals surface area contributed by atoms with Crippen LogP contribution in [0.4, 0.5) is 0 Å². The summed E-state index contributed by atoms with van der Waals surface area (Å²) in [5.74, 6) is 0.0652. The first-order valence-electron chi connectivity index (χ1n) is 6.16. The molecule has 0 amide bonds. The minimum Gasteiger partial charge on any atom is -0.360 e. The standard InChI is InChI=1S/C13H13N5OS/c1-8(20-13-15-16-17-18(13)2)12(19)10-7-14-11-6-4-3-5-9(10)11/h3-8,14H,1-2H3/t8-/m1/s1. The number of aromatic amines is 1. The van der Waals surface area contributed by atoms with Crippen LogP contribution in [-0.4, -0.2) is 36.2 Å². The fourth-order valence-electron chi connectivity index (χ4n) is 2.03. The highest BCUT2D eigenvalue weighted by atomic mass is 32.2. The highest BCUT2D eigenvalue weighted by Gasteiger charge is 2.21. The zero-order valence-corrected chi connectivity index (χ0v) is 11.9. The van der Waals surface area contributed by atoms with Crippen molar-refractivity contribution in [2.75, 3.05) is 0 Å². The second-order valence-corrected chi connectivity index (χ2v) is 5.77. The molecule has 0 fully saturated rings. The quantitative estimate of drug-likeness (QED) is 0.587. The minimum absolute atomic E-state index is 0.0652. The van der Waals surface area contributed by atoms with Gasteiger partial charge in [-0.3, -0.25) is 4.79 Å². The number of hydrogen-bond acceptors (Lipinski definition) is 5. The smallest absolute Gasteiger partial charge is 0.209 e. The van der Waals surface area contributed by atoms with Gasteiger partial charge in [0.25, 0.3) is 0 Å². The second kappa shape index (κ2) is 5.09. The predicted octanol–water partition coefficient (Wildman–Crippen LogP) is 2.05. The summed E-state index contributed by atoms with van der Waals surface area (Å²) < 4.78 is 1.56. The number of rotatable bonds is 4. The van der Waals surface area contributed by atoms with Gasteiger partial charge in [0.15, 0.2) is 5.78 Å². The lowest BCUT2D eigenvalue weighted by Gasteiger charge is -2.07. The molecular formula is C13H13N5OS. The van der Waals surface area contributed by atoms with Crippen molar-refractivity contribution in [3.8, 4) is 0 Å². The number of aromatic nitrogens is 5.